The molecule has 2 aromatic rings. The molecule has 2 aliphatic carbocycles. The van der Waals surface area contributed by atoms with Crippen molar-refractivity contribution in [3.8, 4) is 0 Å². The second kappa shape index (κ2) is 13.1. The molecule has 0 N–H and O–H groups in total. The Labute approximate surface area is 233 Å². The lowest BCUT2D eigenvalue weighted by molar-refractivity contribution is -0.0117. The molecular weight excluding hydrogens is 513 g/mol. The van der Waals surface area contributed by atoms with Crippen LogP contribution in [0.4, 0.5) is 0 Å². The molecule has 0 spiro atoms. The molecule has 4 rings (SSSR count). The van der Waals surface area contributed by atoms with Crippen molar-refractivity contribution in [3.63, 3.8) is 0 Å². The highest BCUT2D eigenvalue weighted by Crippen LogP contribution is 2.65. The van der Waals surface area contributed by atoms with E-state index in [0.29, 0.717) is 29.2 Å². The normalized spacial score (nSPS) is 30.2. The molecule has 0 amide bonds. The van der Waals surface area contributed by atoms with Gasteiger partial charge < -0.3 is 18.2 Å². The first-order valence-electron chi connectivity index (χ1n) is 14.7. The Bertz CT molecular complexity index is 1050. The first-order chi connectivity index (χ1) is 18.6. The van der Waals surface area contributed by atoms with Crippen molar-refractivity contribution in [1.82, 2.24) is 4.98 Å². The highest BCUT2D eigenvalue weighted by molar-refractivity contribution is 7.54. The number of esters is 1. The van der Waals surface area contributed by atoms with Crippen molar-refractivity contribution >= 4 is 13.6 Å². The van der Waals surface area contributed by atoms with Gasteiger partial charge in [0, 0.05) is 18.0 Å². The molecule has 0 aromatic carbocycles. The highest BCUT2D eigenvalue weighted by atomic mass is 31.2. The lowest BCUT2D eigenvalue weighted by Gasteiger charge is -2.42. The fraction of sp³-hybridized carbons (Fsp3) is 0.677. The number of nitrogens with zero attached hydrogens (tertiary/aromatic N) is 1. The Balaban J connectivity index is 1.72. The standard InChI is InChI=1S/C31H46NO6P/c1-20(2)24-13-11-22(5)28(17-24)37-39(34,38-29-18-25(21(3)4)14-12-23(29)6)31(26-9-7-15-32-19-26)36-30(33)27-10-8-16-35-27/h7-10,15-16,19-25,28-29,31H,11-14,17-18H2,1-6H3. The van der Waals surface area contributed by atoms with Gasteiger partial charge in [-0.2, -0.15) is 0 Å². The minimum absolute atomic E-state index is 0.0345. The number of carbonyl (C=O) groups is 1. The van der Waals surface area contributed by atoms with E-state index in [9.17, 15) is 4.79 Å². The van der Waals surface area contributed by atoms with E-state index in [4.69, 9.17) is 18.2 Å². The third kappa shape index (κ3) is 7.42. The zero-order valence-electron chi connectivity index (χ0n) is 24.3. The predicted octanol–water partition coefficient (Wildman–Crippen LogP) is 8.68. The fourth-order valence-corrected chi connectivity index (χ4v) is 8.39. The minimum atomic E-state index is -4.06. The maximum Gasteiger partial charge on any atom is 0.376 e. The second-order valence-corrected chi connectivity index (χ2v) is 14.4. The summed E-state index contributed by atoms with van der Waals surface area (Å²) in [6.45, 7) is 13.2. The average Bonchev–Trinajstić information content (AvgIpc) is 3.45. The number of furan rings is 1. The van der Waals surface area contributed by atoms with E-state index in [1.165, 1.54) is 12.3 Å². The molecule has 2 saturated carbocycles. The molecule has 7 nitrogen and oxygen atoms in total. The lowest BCUT2D eigenvalue weighted by atomic mass is 9.76. The molecule has 2 aliphatic rings. The van der Waals surface area contributed by atoms with E-state index in [2.05, 4.69) is 46.5 Å². The Morgan fingerprint density at radius 1 is 0.923 bits per heavy atom. The molecule has 216 valence electrons. The zero-order chi connectivity index (χ0) is 28.2. The maximum absolute atomic E-state index is 15.2. The Kier molecular flexibility index (Phi) is 10.1. The van der Waals surface area contributed by atoms with Gasteiger partial charge >= 0.3 is 13.6 Å². The molecule has 0 saturated heterocycles. The Morgan fingerprint density at radius 3 is 1.97 bits per heavy atom. The predicted molar refractivity (Wildman–Crippen MR) is 151 cm³/mol. The van der Waals surface area contributed by atoms with Crippen LogP contribution in [-0.4, -0.2) is 23.2 Å². The lowest BCUT2D eigenvalue weighted by Crippen LogP contribution is -2.35. The van der Waals surface area contributed by atoms with Gasteiger partial charge in [0.2, 0.25) is 11.6 Å². The largest absolute Gasteiger partial charge is 0.457 e. The first-order valence-corrected chi connectivity index (χ1v) is 16.3. The van der Waals surface area contributed by atoms with Crippen LogP contribution in [0.2, 0.25) is 0 Å². The summed E-state index contributed by atoms with van der Waals surface area (Å²) in [6.07, 6.45) is 9.91. The van der Waals surface area contributed by atoms with Crippen LogP contribution in [-0.2, 0) is 18.3 Å². The number of carbonyl (C=O) groups excluding carboxylic acids is 1. The minimum Gasteiger partial charge on any atom is -0.457 e. The van der Waals surface area contributed by atoms with Gasteiger partial charge in [0.1, 0.15) is 0 Å². The summed E-state index contributed by atoms with van der Waals surface area (Å²) in [5.74, 6) is 0.421. The van der Waals surface area contributed by atoms with Crippen LogP contribution in [0.25, 0.3) is 0 Å². The van der Waals surface area contributed by atoms with Crippen LogP contribution in [0.3, 0.4) is 0 Å². The first kappa shape index (κ1) is 30.0. The molecule has 8 heteroatoms. The van der Waals surface area contributed by atoms with Gasteiger partial charge in [-0.3, -0.25) is 9.55 Å². The summed E-state index contributed by atoms with van der Waals surface area (Å²) in [6, 6.07) is 6.65. The van der Waals surface area contributed by atoms with Gasteiger partial charge in [0.15, 0.2) is 0 Å². The zero-order valence-corrected chi connectivity index (χ0v) is 25.2. The smallest absolute Gasteiger partial charge is 0.376 e. The molecule has 2 heterocycles. The van der Waals surface area contributed by atoms with Crippen LogP contribution in [0.15, 0.2) is 47.3 Å². The molecule has 2 aromatic heterocycles. The van der Waals surface area contributed by atoms with E-state index in [0.717, 1.165) is 38.5 Å². The van der Waals surface area contributed by atoms with Crippen LogP contribution >= 0.6 is 7.60 Å². The van der Waals surface area contributed by atoms with Crippen molar-refractivity contribution in [1.29, 1.82) is 0 Å². The van der Waals surface area contributed by atoms with Gasteiger partial charge in [-0.1, -0.05) is 47.6 Å². The second-order valence-electron chi connectivity index (χ2n) is 12.4. The molecule has 0 aliphatic heterocycles. The number of rotatable bonds is 10. The topological polar surface area (TPSA) is 87.9 Å². The van der Waals surface area contributed by atoms with E-state index < -0.39 is 19.4 Å². The van der Waals surface area contributed by atoms with Crippen LogP contribution in [0, 0.1) is 35.5 Å². The third-order valence-electron chi connectivity index (χ3n) is 8.97. The summed E-state index contributed by atoms with van der Waals surface area (Å²) in [7, 11) is -4.06. The fourth-order valence-electron chi connectivity index (χ4n) is 6.03. The summed E-state index contributed by atoms with van der Waals surface area (Å²) in [5, 5.41) is 0. The number of ether oxygens (including phenoxy) is 1. The van der Waals surface area contributed by atoms with Gasteiger partial charge in [0.05, 0.1) is 18.5 Å². The van der Waals surface area contributed by atoms with E-state index in [1.807, 2.05) is 0 Å². The molecule has 7 atom stereocenters. The van der Waals surface area contributed by atoms with Crippen molar-refractivity contribution < 1.29 is 27.6 Å². The van der Waals surface area contributed by atoms with E-state index >= 15 is 4.57 Å². The van der Waals surface area contributed by atoms with E-state index in [1.54, 1.807) is 30.6 Å². The van der Waals surface area contributed by atoms with Gasteiger partial charge in [-0.25, -0.2) is 4.79 Å². The number of hydrogen-bond acceptors (Lipinski definition) is 7. The quantitative estimate of drug-likeness (QED) is 0.212. The van der Waals surface area contributed by atoms with E-state index in [-0.39, 0.29) is 29.8 Å². The molecule has 0 bridgehead atoms. The number of aromatic nitrogens is 1. The van der Waals surface area contributed by atoms with Gasteiger partial charge in [-0.15, -0.1) is 0 Å². The van der Waals surface area contributed by atoms with Crippen LogP contribution in [0.1, 0.15) is 102 Å². The van der Waals surface area contributed by atoms with Crippen molar-refractivity contribution in [2.24, 2.45) is 35.5 Å². The summed E-state index contributed by atoms with van der Waals surface area (Å²) in [4.78, 5) is 17.4. The summed E-state index contributed by atoms with van der Waals surface area (Å²) in [5.41, 5.74) is 0.480. The Morgan fingerprint density at radius 2 is 1.51 bits per heavy atom. The molecule has 2 fully saturated rings. The summed E-state index contributed by atoms with van der Waals surface area (Å²) >= 11 is 0. The van der Waals surface area contributed by atoms with Crippen molar-refractivity contribution in [2.75, 3.05) is 0 Å². The van der Waals surface area contributed by atoms with Gasteiger partial charge in [0.25, 0.3) is 0 Å². The monoisotopic (exact) mass is 559 g/mol. The van der Waals surface area contributed by atoms with Gasteiger partial charge in [-0.05, 0) is 92.2 Å². The third-order valence-corrected chi connectivity index (χ3v) is 11.1. The van der Waals surface area contributed by atoms with Crippen LogP contribution in [0.5, 0.6) is 0 Å². The number of pyridine rings is 1. The van der Waals surface area contributed by atoms with Crippen molar-refractivity contribution in [2.45, 2.75) is 98.1 Å². The number of hydrogen-bond donors (Lipinski definition) is 0. The highest BCUT2D eigenvalue weighted by Gasteiger charge is 2.48. The molecule has 39 heavy (non-hydrogen) atoms. The summed E-state index contributed by atoms with van der Waals surface area (Å²) < 4.78 is 39.8. The SMILES string of the molecule is CC(C)C1CCC(C)C(OP(=O)(OC2CC(C(C)C)CCC2C)C(OC(=O)c2ccco2)c2cccnc2)C1. The molecular formula is C31H46NO6P. The van der Waals surface area contributed by atoms with Crippen LogP contribution < -0.4 is 0 Å². The van der Waals surface area contributed by atoms with Crippen molar-refractivity contribution in [3.05, 3.63) is 54.2 Å². The Hall–Kier alpha value is -1.95. The molecule has 0 radical (unpaired) electrons. The average molecular weight is 560 g/mol. The molecule has 7 unspecified atom stereocenters. The maximum atomic E-state index is 15.2.